The fourth-order valence-electron chi connectivity index (χ4n) is 4.99. The largest absolute Gasteiger partial charge is 0.436 e. The van der Waals surface area contributed by atoms with Crippen molar-refractivity contribution < 1.29 is 32.2 Å². The van der Waals surface area contributed by atoms with E-state index in [1.807, 2.05) is 6.07 Å². The van der Waals surface area contributed by atoms with Crippen molar-refractivity contribution in [3.05, 3.63) is 94.1 Å². The molecule has 0 amide bonds. The molecule has 1 saturated heterocycles. The first-order valence-electron chi connectivity index (χ1n) is 12.9. The number of carbonyl (C=O) groups is 1. The summed E-state index contributed by atoms with van der Waals surface area (Å²) < 4.78 is 57.1. The van der Waals surface area contributed by atoms with E-state index in [4.69, 9.17) is 19.9 Å². The zero-order valence-electron chi connectivity index (χ0n) is 21.9. The van der Waals surface area contributed by atoms with Crippen LogP contribution in [-0.2, 0) is 17.6 Å². The maximum atomic E-state index is 14.0. The van der Waals surface area contributed by atoms with E-state index < -0.39 is 12.4 Å². The lowest BCUT2D eigenvalue weighted by molar-refractivity contribution is -0.0524. The van der Waals surface area contributed by atoms with E-state index in [2.05, 4.69) is 10.1 Å². The number of halogens is 3. The van der Waals surface area contributed by atoms with Crippen LogP contribution >= 0.6 is 0 Å². The Morgan fingerprint density at radius 1 is 1.17 bits per heavy atom. The standard InChI is InChI=1S/C30H25F3N4O4/c1-16-6-27(40-25-5-3-2-4-23(25)31)35-13-24(16)37-29(34)22(12-36-37)28(38)21-9-18-8-20(7-17-14-39-15-17)26(41-30(32)33)11-19(18)10-21/h2-6,8,10-13,17,30H,7,9,14-15,34H2,1H3. The highest BCUT2D eigenvalue weighted by atomic mass is 19.3. The minimum absolute atomic E-state index is 0.0431. The molecule has 6 rings (SSSR count). The minimum atomic E-state index is -2.96. The highest BCUT2D eigenvalue weighted by Gasteiger charge is 2.28. The number of aryl methyl sites for hydroxylation is 1. The number of Topliss-reactive ketones (excluding diaryl/α,β-unsaturated/α-hetero) is 1. The van der Waals surface area contributed by atoms with Crippen molar-refractivity contribution in [3.8, 4) is 23.1 Å². The van der Waals surface area contributed by atoms with Gasteiger partial charge in [-0.1, -0.05) is 18.2 Å². The molecule has 1 fully saturated rings. The fraction of sp³-hybridized carbons (Fsp3) is 0.233. The molecule has 2 aromatic carbocycles. The van der Waals surface area contributed by atoms with Crippen LogP contribution in [0.15, 0.2) is 60.4 Å². The van der Waals surface area contributed by atoms with Crippen molar-refractivity contribution in [1.29, 1.82) is 0 Å². The topological polar surface area (TPSA) is 101 Å². The van der Waals surface area contributed by atoms with Gasteiger partial charge in [-0.3, -0.25) is 4.79 Å². The maximum absolute atomic E-state index is 14.0. The summed E-state index contributed by atoms with van der Waals surface area (Å²) in [5, 5.41) is 4.31. The Hall–Kier alpha value is -4.64. The summed E-state index contributed by atoms with van der Waals surface area (Å²) in [6.45, 7) is -0.0183. The smallest absolute Gasteiger partial charge is 0.387 e. The van der Waals surface area contributed by atoms with E-state index in [9.17, 15) is 18.0 Å². The molecule has 210 valence electrons. The molecule has 0 bridgehead atoms. The van der Waals surface area contributed by atoms with Crippen molar-refractivity contribution in [2.24, 2.45) is 5.92 Å². The van der Waals surface area contributed by atoms with Crippen LogP contribution in [0.2, 0.25) is 0 Å². The summed E-state index contributed by atoms with van der Waals surface area (Å²) in [5.74, 6) is -0.137. The summed E-state index contributed by atoms with van der Waals surface area (Å²) in [5.41, 5.74) is 10.4. The van der Waals surface area contributed by atoms with E-state index in [-0.39, 0.29) is 40.5 Å². The average molecular weight is 563 g/mol. The van der Waals surface area contributed by atoms with Crippen LogP contribution in [-0.4, -0.2) is 40.4 Å². The highest BCUT2D eigenvalue weighted by molar-refractivity contribution is 6.15. The molecule has 2 N–H and O–H groups in total. The van der Waals surface area contributed by atoms with Gasteiger partial charge in [-0.05, 0) is 59.9 Å². The number of anilines is 1. The molecule has 2 aliphatic rings. The molecule has 8 nitrogen and oxygen atoms in total. The lowest BCUT2D eigenvalue weighted by Crippen LogP contribution is -2.29. The van der Waals surface area contributed by atoms with E-state index in [1.165, 1.54) is 29.2 Å². The first kappa shape index (κ1) is 26.6. The molecule has 11 heteroatoms. The number of rotatable bonds is 9. The number of hydrogen-bond donors (Lipinski definition) is 1. The second-order valence-electron chi connectivity index (χ2n) is 10.0. The Labute approximate surface area is 233 Å². The third-order valence-corrected chi connectivity index (χ3v) is 7.14. The molecule has 0 saturated carbocycles. The van der Waals surface area contributed by atoms with E-state index >= 15 is 0 Å². The number of pyridine rings is 1. The summed E-state index contributed by atoms with van der Waals surface area (Å²) in [6, 6.07) is 11.0. The number of carbonyl (C=O) groups excluding carboxylic acids is 1. The number of nitrogens with zero attached hydrogens (tertiary/aromatic N) is 3. The molecule has 0 unspecified atom stereocenters. The van der Waals surface area contributed by atoms with E-state index in [0.29, 0.717) is 54.0 Å². The minimum Gasteiger partial charge on any atom is -0.436 e. The third-order valence-electron chi connectivity index (χ3n) is 7.14. The summed E-state index contributed by atoms with van der Waals surface area (Å²) in [4.78, 5) is 17.7. The Morgan fingerprint density at radius 3 is 2.68 bits per heavy atom. The van der Waals surface area contributed by atoms with Crippen molar-refractivity contribution in [1.82, 2.24) is 14.8 Å². The summed E-state index contributed by atoms with van der Waals surface area (Å²) >= 11 is 0. The molecule has 3 heterocycles. The van der Waals surface area contributed by atoms with Crippen LogP contribution in [0.1, 0.15) is 32.6 Å². The number of allylic oxidation sites excluding steroid dienone is 1. The maximum Gasteiger partial charge on any atom is 0.387 e. The van der Waals surface area contributed by atoms with Gasteiger partial charge in [0.1, 0.15) is 11.6 Å². The molecule has 0 atom stereocenters. The van der Waals surface area contributed by atoms with Crippen LogP contribution in [0.25, 0.3) is 11.8 Å². The first-order chi connectivity index (χ1) is 19.8. The fourth-order valence-corrected chi connectivity index (χ4v) is 4.99. The van der Waals surface area contributed by atoms with Crippen molar-refractivity contribution in [2.75, 3.05) is 18.9 Å². The van der Waals surface area contributed by atoms with Crippen LogP contribution in [0, 0.1) is 18.7 Å². The van der Waals surface area contributed by atoms with Crippen molar-refractivity contribution in [2.45, 2.75) is 26.4 Å². The van der Waals surface area contributed by atoms with Gasteiger partial charge in [-0.15, -0.1) is 0 Å². The number of nitrogen functional groups attached to an aromatic ring is 1. The van der Waals surface area contributed by atoms with Gasteiger partial charge in [0.2, 0.25) is 5.88 Å². The second-order valence-corrected chi connectivity index (χ2v) is 10.0. The molecular weight excluding hydrogens is 537 g/mol. The molecular formula is C30H25F3N4O4. The average Bonchev–Trinajstić information content (AvgIpc) is 3.50. The molecule has 4 aromatic rings. The normalized spacial score (nSPS) is 14.5. The van der Waals surface area contributed by atoms with Crippen LogP contribution in [0.5, 0.6) is 17.4 Å². The van der Waals surface area contributed by atoms with Gasteiger partial charge in [0.15, 0.2) is 17.3 Å². The Balaban J connectivity index is 1.23. The molecule has 41 heavy (non-hydrogen) atoms. The SMILES string of the molecule is Cc1cc(Oc2ccccc2F)ncc1-n1ncc(C(=O)C2=Cc3cc(OC(F)F)c(CC4COC4)cc3C2)c1N. The summed E-state index contributed by atoms with van der Waals surface area (Å²) in [7, 11) is 0. The molecule has 0 spiro atoms. The predicted octanol–water partition coefficient (Wildman–Crippen LogP) is 5.70. The van der Waals surface area contributed by atoms with Crippen LogP contribution in [0.4, 0.5) is 19.0 Å². The predicted molar refractivity (Wildman–Crippen MR) is 144 cm³/mol. The lowest BCUT2D eigenvalue weighted by Gasteiger charge is -2.27. The number of aromatic nitrogens is 3. The Kier molecular flexibility index (Phi) is 6.96. The van der Waals surface area contributed by atoms with Gasteiger partial charge in [0.05, 0.1) is 36.9 Å². The molecule has 0 radical (unpaired) electrons. The van der Waals surface area contributed by atoms with Crippen molar-refractivity contribution in [3.63, 3.8) is 0 Å². The van der Waals surface area contributed by atoms with Gasteiger partial charge in [0.25, 0.3) is 0 Å². The number of ketones is 1. The van der Waals surface area contributed by atoms with E-state index in [0.717, 1.165) is 5.56 Å². The lowest BCUT2D eigenvalue weighted by atomic mass is 9.94. The molecule has 1 aliphatic carbocycles. The zero-order chi connectivity index (χ0) is 28.7. The first-order valence-corrected chi connectivity index (χ1v) is 12.9. The van der Waals surface area contributed by atoms with Gasteiger partial charge in [-0.2, -0.15) is 13.9 Å². The molecule has 2 aromatic heterocycles. The number of nitrogens with two attached hydrogens (primary N) is 1. The summed E-state index contributed by atoms with van der Waals surface area (Å²) in [6.07, 6.45) is 5.41. The second kappa shape index (κ2) is 10.7. The zero-order valence-corrected chi connectivity index (χ0v) is 21.9. The number of para-hydroxylation sites is 1. The monoisotopic (exact) mass is 562 g/mol. The van der Waals surface area contributed by atoms with Crippen LogP contribution < -0.4 is 15.2 Å². The van der Waals surface area contributed by atoms with Crippen LogP contribution in [0.3, 0.4) is 0 Å². The number of alkyl halides is 2. The highest BCUT2D eigenvalue weighted by Crippen LogP contribution is 2.36. The van der Waals surface area contributed by atoms with Gasteiger partial charge in [0, 0.05) is 24.0 Å². The quantitative estimate of drug-likeness (QED) is 0.261. The Morgan fingerprint density at radius 2 is 1.98 bits per heavy atom. The van der Waals surface area contributed by atoms with Gasteiger partial charge in [-0.25, -0.2) is 14.1 Å². The van der Waals surface area contributed by atoms with Gasteiger partial charge < -0.3 is 19.9 Å². The number of ether oxygens (including phenoxy) is 3. The van der Waals surface area contributed by atoms with Gasteiger partial charge >= 0.3 is 6.61 Å². The Bertz CT molecular complexity index is 1680. The number of benzene rings is 2. The molecule has 1 aliphatic heterocycles. The number of hydrogen-bond acceptors (Lipinski definition) is 7. The third kappa shape index (κ3) is 5.28. The van der Waals surface area contributed by atoms with E-state index in [1.54, 1.807) is 37.3 Å². The number of fused-ring (bicyclic) bond motifs is 1. The van der Waals surface area contributed by atoms with Crippen molar-refractivity contribution >= 4 is 17.7 Å².